The van der Waals surface area contributed by atoms with Crippen molar-refractivity contribution < 1.29 is 18.9 Å². The third kappa shape index (κ3) is 5.02. The maximum atomic E-state index is 13.2. The lowest BCUT2D eigenvalue weighted by Crippen LogP contribution is -2.36. The number of anilines is 1. The Morgan fingerprint density at radius 3 is 2.25 bits per heavy atom. The van der Waals surface area contributed by atoms with Gasteiger partial charge in [-0.2, -0.15) is 4.57 Å². The topological polar surface area (TPSA) is 74.3 Å². The number of rotatable bonds is 7. The molecule has 0 fully saturated rings. The molecule has 2 aromatic rings. The van der Waals surface area contributed by atoms with Gasteiger partial charge >= 0.3 is 5.97 Å². The Bertz CT molecular complexity index is 936. The van der Waals surface area contributed by atoms with Crippen LogP contribution in [-0.2, 0) is 9.53 Å². The normalized spacial score (nSPS) is 10.8. The zero-order chi connectivity index (χ0) is 20.7. The van der Waals surface area contributed by atoms with E-state index in [4.69, 9.17) is 10.1 Å². The number of ether oxygens (including phenoxy) is 1. The molecule has 0 aliphatic heterocycles. The minimum absolute atomic E-state index is 0.124. The fourth-order valence-electron chi connectivity index (χ4n) is 2.48. The molecular weight excluding hydrogens is 354 g/mol. The second kappa shape index (κ2) is 9.44. The fraction of sp³-hybridized carbons (Fsp3) is 0.227. The van der Waals surface area contributed by atoms with Crippen molar-refractivity contribution >= 4 is 29.0 Å². The summed E-state index contributed by atoms with van der Waals surface area (Å²) in [5, 5.41) is 7.43. The number of carbonyl (C=O) groups is 2. The van der Waals surface area contributed by atoms with E-state index in [9.17, 15) is 9.59 Å². The molecule has 0 saturated carbocycles. The van der Waals surface area contributed by atoms with Gasteiger partial charge in [0.2, 0.25) is 0 Å². The van der Waals surface area contributed by atoms with Gasteiger partial charge in [0, 0.05) is 43.6 Å². The van der Waals surface area contributed by atoms with Crippen LogP contribution in [0.2, 0.25) is 0 Å². The number of hydrogen-bond donors (Lipinski definition) is 1. The number of aryl methyl sites for hydroxylation is 1. The maximum Gasteiger partial charge on any atom is 0.347 e. The molecule has 0 amide bonds. The average Bonchev–Trinajstić information content (AvgIpc) is 2.69. The summed E-state index contributed by atoms with van der Waals surface area (Å²) in [4.78, 5) is 27.2. The van der Waals surface area contributed by atoms with Crippen molar-refractivity contribution in [3.05, 3.63) is 71.6 Å². The second-order valence-corrected chi connectivity index (χ2v) is 6.34. The molecule has 1 heterocycles. The summed E-state index contributed by atoms with van der Waals surface area (Å²) >= 11 is 0. The molecule has 1 aromatic carbocycles. The van der Waals surface area contributed by atoms with Gasteiger partial charge in [-0.05, 0) is 19.7 Å². The molecule has 1 aromatic heterocycles. The Hall–Kier alpha value is -3.50. The third-order valence-corrected chi connectivity index (χ3v) is 4.06. The predicted molar refractivity (Wildman–Crippen MR) is 109 cm³/mol. The van der Waals surface area contributed by atoms with Gasteiger partial charge in [-0.25, -0.2) is 4.79 Å². The monoisotopic (exact) mass is 378 g/mol. The molecule has 1 N–H and O–H groups in total. The quantitative estimate of drug-likeness (QED) is 0.201. The summed E-state index contributed by atoms with van der Waals surface area (Å²) < 4.78 is 6.57. The third-order valence-electron chi connectivity index (χ3n) is 4.06. The molecule has 0 aliphatic rings. The molecule has 0 bridgehead atoms. The van der Waals surface area contributed by atoms with Gasteiger partial charge in [0.1, 0.15) is 5.57 Å². The van der Waals surface area contributed by atoms with Crippen LogP contribution in [0.3, 0.4) is 0 Å². The van der Waals surface area contributed by atoms with Crippen LogP contribution in [0, 0.1) is 12.3 Å². The minimum atomic E-state index is -0.697. The smallest absolute Gasteiger partial charge is 0.347 e. The number of pyridine rings is 1. The molecule has 0 aliphatic carbocycles. The highest BCUT2D eigenvalue weighted by molar-refractivity contribution is 6.23. The Balaban J connectivity index is 2.55. The van der Waals surface area contributed by atoms with Crippen molar-refractivity contribution in [2.45, 2.75) is 13.8 Å². The van der Waals surface area contributed by atoms with E-state index >= 15 is 0 Å². The molecule has 6 heteroatoms. The molecular formula is C22H24N3O3+. The van der Waals surface area contributed by atoms with E-state index in [2.05, 4.69) is 5.87 Å². The minimum Gasteiger partial charge on any atom is -0.462 e. The molecule has 0 saturated heterocycles. The van der Waals surface area contributed by atoms with Crippen molar-refractivity contribution in [2.75, 3.05) is 25.6 Å². The summed E-state index contributed by atoms with van der Waals surface area (Å²) in [5.41, 5.74) is 2.58. The zero-order valence-electron chi connectivity index (χ0n) is 16.5. The number of nitrogens with one attached hydrogen (secondary N) is 1. The highest BCUT2D eigenvalue weighted by Gasteiger charge is 2.24. The van der Waals surface area contributed by atoms with E-state index in [0.29, 0.717) is 5.56 Å². The lowest BCUT2D eigenvalue weighted by atomic mass is 10.0. The standard InChI is InChI=1S/C22H24N3O3/c1-5-28-22(27)18(15-23)14-20(21(26)17-8-6-16(2)7-9-17)25-12-10-19(11-13-25)24(3)4/h6-14,23H,5H2,1-4H3/q+1. The van der Waals surface area contributed by atoms with E-state index in [1.807, 2.05) is 50.2 Å². The maximum absolute atomic E-state index is 13.2. The van der Waals surface area contributed by atoms with Crippen LogP contribution in [0.4, 0.5) is 5.69 Å². The van der Waals surface area contributed by atoms with Gasteiger partial charge in [-0.15, -0.1) is 0 Å². The van der Waals surface area contributed by atoms with E-state index in [0.717, 1.165) is 11.3 Å². The van der Waals surface area contributed by atoms with E-state index < -0.39 is 5.97 Å². The Morgan fingerprint density at radius 1 is 1.14 bits per heavy atom. The second-order valence-electron chi connectivity index (χ2n) is 6.34. The Morgan fingerprint density at radius 2 is 1.75 bits per heavy atom. The number of benzene rings is 1. The highest BCUT2D eigenvalue weighted by Crippen LogP contribution is 2.14. The Labute approximate surface area is 164 Å². The number of aromatic nitrogens is 1. The molecule has 144 valence electrons. The van der Waals surface area contributed by atoms with E-state index in [-0.39, 0.29) is 23.7 Å². The van der Waals surface area contributed by atoms with Crippen molar-refractivity contribution in [1.82, 2.24) is 0 Å². The van der Waals surface area contributed by atoms with Gasteiger partial charge in [-0.3, -0.25) is 10.2 Å². The summed E-state index contributed by atoms with van der Waals surface area (Å²) in [6, 6.07) is 10.9. The van der Waals surface area contributed by atoms with E-state index in [1.54, 1.807) is 36.0 Å². The molecule has 0 unspecified atom stereocenters. The van der Waals surface area contributed by atoms with Gasteiger partial charge < -0.3 is 9.64 Å². The summed E-state index contributed by atoms with van der Waals surface area (Å²) in [5.74, 6) is 1.10. The lowest BCUT2D eigenvalue weighted by molar-refractivity contribution is -0.576. The first-order valence-electron chi connectivity index (χ1n) is 8.86. The fourth-order valence-corrected chi connectivity index (χ4v) is 2.48. The summed E-state index contributed by atoms with van der Waals surface area (Å²) in [6.45, 7) is 3.79. The van der Waals surface area contributed by atoms with Gasteiger partial charge in [0.15, 0.2) is 12.4 Å². The van der Waals surface area contributed by atoms with Crippen LogP contribution in [0.25, 0.3) is 5.70 Å². The van der Waals surface area contributed by atoms with Crippen molar-refractivity contribution in [3.8, 4) is 0 Å². The molecule has 0 radical (unpaired) electrons. The largest absolute Gasteiger partial charge is 0.462 e. The van der Waals surface area contributed by atoms with Crippen molar-refractivity contribution in [3.63, 3.8) is 0 Å². The summed E-state index contributed by atoms with van der Waals surface area (Å²) in [7, 11) is 3.84. The van der Waals surface area contributed by atoms with Crippen LogP contribution >= 0.6 is 0 Å². The van der Waals surface area contributed by atoms with Crippen LogP contribution in [0.15, 0.2) is 60.4 Å². The van der Waals surface area contributed by atoms with Crippen LogP contribution in [0.5, 0.6) is 0 Å². The molecule has 0 spiro atoms. The number of Topliss-reactive ketones (excluding diaryl/α,β-unsaturated/α-hetero) is 1. The number of hydrogen-bond acceptors (Lipinski definition) is 5. The van der Waals surface area contributed by atoms with Crippen LogP contribution in [0.1, 0.15) is 22.8 Å². The number of carbonyl (C=O) groups excluding carboxylic acids is 2. The SMILES string of the molecule is CCOC(=O)C(=C=N)C=C(C(=O)c1ccc(C)cc1)[n+]1ccc(N(C)C)cc1. The first-order chi connectivity index (χ1) is 13.4. The highest BCUT2D eigenvalue weighted by atomic mass is 16.5. The molecule has 2 rings (SSSR count). The molecule has 28 heavy (non-hydrogen) atoms. The number of ketones is 1. The number of esters is 1. The first-order valence-corrected chi connectivity index (χ1v) is 8.86. The summed E-state index contributed by atoms with van der Waals surface area (Å²) in [6.07, 6.45) is 4.81. The van der Waals surface area contributed by atoms with Gasteiger partial charge in [0.25, 0.3) is 11.5 Å². The van der Waals surface area contributed by atoms with Crippen LogP contribution in [-0.4, -0.2) is 38.3 Å². The van der Waals surface area contributed by atoms with Gasteiger partial charge in [0.05, 0.1) is 6.61 Å². The average molecular weight is 378 g/mol. The van der Waals surface area contributed by atoms with E-state index in [1.165, 1.54) is 6.08 Å². The van der Waals surface area contributed by atoms with Crippen molar-refractivity contribution in [2.24, 2.45) is 0 Å². The zero-order valence-corrected chi connectivity index (χ0v) is 16.5. The van der Waals surface area contributed by atoms with Gasteiger partial charge in [-0.1, -0.05) is 29.8 Å². The predicted octanol–water partition coefficient (Wildman–Crippen LogP) is 2.81. The van der Waals surface area contributed by atoms with Crippen LogP contribution < -0.4 is 9.47 Å². The number of allylic oxidation sites excluding steroid dienone is 1. The molecule has 0 atom stereocenters. The lowest BCUT2D eigenvalue weighted by Gasteiger charge is -2.11. The van der Waals surface area contributed by atoms with Crippen molar-refractivity contribution in [1.29, 1.82) is 5.41 Å². The first kappa shape index (κ1) is 20.8. The number of nitrogens with zero attached hydrogens (tertiary/aromatic N) is 2. The molecule has 6 nitrogen and oxygen atoms in total. The Kier molecular flexibility index (Phi) is 7.02.